The van der Waals surface area contributed by atoms with Crippen LogP contribution in [0.2, 0.25) is 0 Å². The summed E-state index contributed by atoms with van der Waals surface area (Å²) in [6.45, 7) is 6.36. The first-order valence-corrected chi connectivity index (χ1v) is 5.37. The molecule has 0 spiro atoms. The van der Waals surface area contributed by atoms with Crippen molar-refractivity contribution in [3.05, 3.63) is 0 Å². The van der Waals surface area contributed by atoms with Gasteiger partial charge in [0.2, 0.25) is 5.91 Å². The molecule has 1 amide bonds. The van der Waals surface area contributed by atoms with Gasteiger partial charge < -0.3 is 5.32 Å². The molecule has 0 aliphatic rings. The van der Waals surface area contributed by atoms with Gasteiger partial charge in [0.25, 0.3) is 0 Å². The summed E-state index contributed by atoms with van der Waals surface area (Å²) in [5.41, 5.74) is 0. The van der Waals surface area contributed by atoms with Crippen molar-refractivity contribution in [2.45, 2.75) is 46.5 Å². The smallest absolute Gasteiger partial charge is 0.219 e. The van der Waals surface area contributed by atoms with E-state index >= 15 is 0 Å². The summed E-state index contributed by atoms with van der Waals surface area (Å²) in [5, 5.41) is 2.79. The molecule has 0 radical (unpaired) electrons. The van der Waals surface area contributed by atoms with Gasteiger partial charge in [-0.25, -0.2) is 0 Å². The van der Waals surface area contributed by atoms with Crippen molar-refractivity contribution < 1.29 is 9.59 Å². The van der Waals surface area contributed by atoms with Crippen LogP contribution in [-0.4, -0.2) is 18.2 Å². The van der Waals surface area contributed by atoms with Gasteiger partial charge in [-0.2, -0.15) is 0 Å². The summed E-state index contributed by atoms with van der Waals surface area (Å²) < 4.78 is 0. The lowest BCUT2D eigenvalue weighted by molar-refractivity contribution is -0.122. The minimum Gasteiger partial charge on any atom is -0.356 e. The predicted molar refractivity (Wildman–Crippen MR) is 57.0 cm³/mol. The quantitative estimate of drug-likeness (QED) is 0.637. The van der Waals surface area contributed by atoms with E-state index in [0.717, 1.165) is 12.8 Å². The first-order chi connectivity index (χ1) is 6.57. The number of Topliss-reactive ketones (excluding diaryl/α,β-unsaturated/α-hetero) is 1. The Bertz CT molecular complexity index is 188. The second-order valence-corrected chi connectivity index (χ2v) is 3.78. The van der Waals surface area contributed by atoms with Crippen LogP contribution >= 0.6 is 0 Å². The molecule has 0 aliphatic carbocycles. The van der Waals surface area contributed by atoms with Crippen molar-refractivity contribution in [1.29, 1.82) is 0 Å². The molecule has 0 aliphatic heterocycles. The third-order valence-corrected chi connectivity index (χ3v) is 2.14. The molecule has 0 bridgehead atoms. The minimum absolute atomic E-state index is 0.0835. The second-order valence-electron chi connectivity index (χ2n) is 3.78. The van der Waals surface area contributed by atoms with Gasteiger partial charge in [0.15, 0.2) is 0 Å². The standard InChI is InChI=1S/C11H21NO2/c1-4-11(14)12-8-6-5-7-10(13)9(2)3/h9H,4-8H2,1-3H3,(H,12,14). The maximum atomic E-state index is 11.2. The first-order valence-electron chi connectivity index (χ1n) is 5.37. The average molecular weight is 199 g/mol. The van der Waals surface area contributed by atoms with E-state index in [0.29, 0.717) is 25.2 Å². The molecule has 3 heteroatoms. The highest BCUT2D eigenvalue weighted by Gasteiger charge is 2.05. The lowest BCUT2D eigenvalue weighted by Gasteiger charge is -2.04. The minimum atomic E-state index is 0.0835. The van der Waals surface area contributed by atoms with Crippen LogP contribution in [0.5, 0.6) is 0 Å². The number of rotatable bonds is 7. The van der Waals surface area contributed by atoms with E-state index in [9.17, 15) is 9.59 Å². The van der Waals surface area contributed by atoms with Crippen molar-refractivity contribution in [1.82, 2.24) is 5.32 Å². The van der Waals surface area contributed by atoms with Crippen LogP contribution in [0.3, 0.4) is 0 Å². The van der Waals surface area contributed by atoms with Gasteiger partial charge in [-0.3, -0.25) is 9.59 Å². The van der Waals surface area contributed by atoms with Gasteiger partial charge in [0, 0.05) is 25.3 Å². The molecule has 0 saturated heterocycles. The number of carbonyl (C=O) groups is 2. The van der Waals surface area contributed by atoms with Gasteiger partial charge >= 0.3 is 0 Å². The highest BCUT2D eigenvalue weighted by Crippen LogP contribution is 2.03. The Hall–Kier alpha value is -0.860. The zero-order valence-corrected chi connectivity index (χ0v) is 9.43. The summed E-state index contributed by atoms with van der Waals surface area (Å²) in [6.07, 6.45) is 2.94. The highest BCUT2D eigenvalue weighted by molar-refractivity contribution is 5.80. The molecule has 0 rings (SSSR count). The van der Waals surface area contributed by atoms with Crippen molar-refractivity contribution in [2.75, 3.05) is 6.54 Å². The lowest BCUT2D eigenvalue weighted by atomic mass is 10.0. The molecular formula is C11H21NO2. The number of unbranched alkanes of at least 4 members (excludes halogenated alkanes) is 1. The van der Waals surface area contributed by atoms with E-state index in [2.05, 4.69) is 5.32 Å². The summed E-state index contributed by atoms with van der Waals surface area (Å²) in [5.74, 6) is 0.534. The van der Waals surface area contributed by atoms with Crippen LogP contribution in [0.4, 0.5) is 0 Å². The van der Waals surface area contributed by atoms with E-state index in [4.69, 9.17) is 0 Å². The van der Waals surface area contributed by atoms with Crippen LogP contribution in [0.1, 0.15) is 46.5 Å². The Balaban J connectivity index is 3.30. The van der Waals surface area contributed by atoms with E-state index in [1.807, 2.05) is 20.8 Å². The Morgan fingerprint density at radius 3 is 2.36 bits per heavy atom. The number of hydrogen-bond donors (Lipinski definition) is 1. The van der Waals surface area contributed by atoms with Gasteiger partial charge in [0.05, 0.1) is 0 Å². The first kappa shape index (κ1) is 13.1. The Morgan fingerprint density at radius 2 is 1.86 bits per heavy atom. The van der Waals surface area contributed by atoms with E-state index < -0.39 is 0 Å². The molecule has 0 saturated carbocycles. The van der Waals surface area contributed by atoms with Gasteiger partial charge in [0.1, 0.15) is 5.78 Å². The molecule has 14 heavy (non-hydrogen) atoms. The van der Waals surface area contributed by atoms with Gasteiger partial charge in [-0.15, -0.1) is 0 Å². The lowest BCUT2D eigenvalue weighted by Crippen LogP contribution is -2.23. The second kappa shape index (κ2) is 7.54. The Labute approximate surface area is 86.3 Å². The fourth-order valence-corrected chi connectivity index (χ4v) is 1.07. The fraction of sp³-hybridized carbons (Fsp3) is 0.818. The number of carbonyl (C=O) groups excluding carboxylic acids is 2. The van der Waals surface area contributed by atoms with E-state index in [1.165, 1.54) is 0 Å². The number of nitrogens with one attached hydrogen (secondary N) is 1. The zero-order chi connectivity index (χ0) is 11.0. The fourth-order valence-electron chi connectivity index (χ4n) is 1.07. The number of amides is 1. The van der Waals surface area contributed by atoms with Crippen LogP contribution in [0, 0.1) is 5.92 Å². The maximum Gasteiger partial charge on any atom is 0.219 e. The topological polar surface area (TPSA) is 46.2 Å². The predicted octanol–water partition coefficient (Wildman–Crippen LogP) is 1.91. The molecule has 0 aromatic carbocycles. The molecular weight excluding hydrogens is 178 g/mol. The molecule has 3 nitrogen and oxygen atoms in total. The van der Waals surface area contributed by atoms with Crippen molar-refractivity contribution in [3.63, 3.8) is 0 Å². The van der Waals surface area contributed by atoms with Crippen molar-refractivity contribution >= 4 is 11.7 Å². The molecule has 82 valence electrons. The summed E-state index contributed by atoms with van der Waals surface area (Å²) in [6, 6.07) is 0. The third kappa shape index (κ3) is 6.63. The third-order valence-electron chi connectivity index (χ3n) is 2.14. The summed E-state index contributed by atoms with van der Waals surface area (Å²) >= 11 is 0. The Morgan fingerprint density at radius 1 is 1.21 bits per heavy atom. The molecule has 0 aromatic rings. The molecule has 0 heterocycles. The molecule has 0 atom stereocenters. The highest BCUT2D eigenvalue weighted by atomic mass is 16.1. The molecule has 0 fully saturated rings. The van der Waals surface area contributed by atoms with Crippen molar-refractivity contribution in [3.8, 4) is 0 Å². The van der Waals surface area contributed by atoms with E-state index in [1.54, 1.807) is 0 Å². The monoisotopic (exact) mass is 199 g/mol. The normalized spacial score (nSPS) is 10.3. The van der Waals surface area contributed by atoms with Gasteiger partial charge in [-0.05, 0) is 12.8 Å². The average Bonchev–Trinajstić information content (AvgIpc) is 2.16. The zero-order valence-electron chi connectivity index (χ0n) is 9.43. The van der Waals surface area contributed by atoms with Crippen LogP contribution in [0.25, 0.3) is 0 Å². The number of ketones is 1. The van der Waals surface area contributed by atoms with E-state index in [-0.39, 0.29) is 11.8 Å². The van der Waals surface area contributed by atoms with Crippen LogP contribution in [-0.2, 0) is 9.59 Å². The van der Waals surface area contributed by atoms with Crippen LogP contribution < -0.4 is 5.32 Å². The summed E-state index contributed by atoms with van der Waals surface area (Å²) in [7, 11) is 0. The largest absolute Gasteiger partial charge is 0.356 e. The maximum absolute atomic E-state index is 11.2. The SMILES string of the molecule is CCC(=O)NCCCCC(=O)C(C)C. The Kier molecular flexibility index (Phi) is 7.07. The summed E-state index contributed by atoms with van der Waals surface area (Å²) in [4.78, 5) is 22.0. The molecule has 0 unspecified atom stereocenters. The number of hydrogen-bond acceptors (Lipinski definition) is 2. The van der Waals surface area contributed by atoms with Crippen LogP contribution in [0.15, 0.2) is 0 Å². The van der Waals surface area contributed by atoms with Gasteiger partial charge in [-0.1, -0.05) is 20.8 Å². The molecule has 1 N–H and O–H groups in total. The van der Waals surface area contributed by atoms with Crippen molar-refractivity contribution in [2.24, 2.45) is 5.92 Å². The molecule has 0 aromatic heterocycles.